The average molecular weight is 251 g/mol. The molecule has 0 aliphatic heterocycles. The molecule has 2 nitrogen and oxygen atoms in total. The van der Waals surface area contributed by atoms with Crippen LogP contribution in [0.4, 0.5) is 4.39 Å². The molecule has 0 amide bonds. The fraction of sp³-hybridized carbons (Fsp3) is 0.154. The van der Waals surface area contributed by atoms with Crippen molar-refractivity contribution >= 4 is 11.6 Å². The van der Waals surface area contributed by atoms with Crippen LogP contribution in [0.5, 0.6) is 0 Å². The third-order valence-electron chi connectivity index (χ3n) is 2.36. The Bertz CT molecular complexity index is 422. The Hall–Kier alpha value is -1.45. The van der Waals surface area contributed by atoms with Gasteiger partial charge in [0.1, 0.15) is 11.0 Å². The molecule has 0 aliphatic rings. The molecular formula is C13H12ClFN2. The van der Waals surface area contributed by atoms with E-state index in [1.165, 1.54) is 12.1 Å². The zero-order valence-corrected chi connectivity index (χ0v) is 9.91. The summed E-state index contributed by atoms with van der Waals surface area (Å²) in [6.07, 6.45) is 1.74. The highest BCUT2D eigenvalue weighted by molar-refractivity contribution is 6.29. The van der Waals surface area contributed by atoms with E-state index in [-0.39, 0.29) is 5.82 Å². The van der Waals surface area contributed by atoms with Gasteiger partial charge in [-0.25, -0.2) is 9.37 Å². The predicted octanol–water partition coefficient (Wildman–Crippen LogP) is 3.16. The lowest BCUT2D eigenvalue weighted by molar-refractivity contribution is 0.625. The molecule has 1 heterocycles. The minimum Gasteiger partial charge on any atom is -0.309 e. The summed E-state index contributed by atoms with van der Waals surface area (Å²) in [5.74, 6) is -0.212. The number of hydrogen-bond donors (Lipinski definition) is 1. The fourth-order valence-electron chi connectivity index (χ4n) is 1.46. The summed E-state index contributed by atoms with van der Waals surface area (Å²) in [6.45, 7) is 1.41. The minimum absolute atomic E-state index is 0.212. The SMILES string of the molecule is Fc1ccc(CNCc2ccc(Cl)nc2)cc1. The normalized spacial score (nSPS) is 10.5. The van der Waals surface area contributed by atoms with Crippen LogP contribution in [-0.2, 0) is 13.1 Å². The molecule has 0 saturated heterocycles. The molecule has 1 aromatic carbocycles. The van der Waals surface area contributed by atoms with E-state index in [9.17, 15) is 4.39 Å². The van der Waals surface area contributed by atoms with Crippen molar-refractivity contribution in [2.45, 2.75) is 13.1 Å². The Labute approximate surface area is 104 Å². The largest absolute Gasteiger partial charge is 0.309 e. The molecule has 88 valence electrons. The monoisotopic (exact) mass is 250 g/mol. The molecule has 1 aromatic heterocycles. The molecule has 1 N–H and O–H groups in total. The highest BCUT2D eigenvalue weighted by Gasteiger charge is 1.96. The highest BCUT2D eigenvalue weighted by Crippen LogP contribution is 2.06. The molecule has 0 fully saturated rings. The second-order valence-electron chi connectivity index (χ2n) is 3.72. The number of halogens is 2. The van der Waals surface area contributed by atoms with Gasteiger partial charge in [0, 0.05) is 19.3 Å². The maximum Gasteiger partial charge on any atom is 0.129 e. The van der Waals surface area contributed by atoms with Gasteiger partial charge < -0.3 is 5.32 Å². The van der Waals surface area contributed by atoms with Crippen LogP contribution in [0.3, 0.4) is 0 Å². The van der Waals surface area contributed by atoms with Gasteiger partial charge in [-0.2, -0.15) is 0 Å². The number of benzene rings is 1. The van der Waals surface area contributed by atoms with Gasteiger partial charge in [-0.15, -0.1) is 0 Å². The minimum atomic E-state index is -0.212. The first-order chi connectivity index (χ1) is 8.24. The first-order valence-electron chi connectivity index (χ1n) is 5.29. The summed E-state index contributed by atoms with van der Waals surface area (Å²) in [5, 5.41) is 3.74. The zero-order chi connectivity index (χ0) is 12.1. The second kappa shape index (κ2) is 5.75. The standard InChI is InChI=1S/C13H12ClFN2/c14-13-6-3-11(9-17-13)8-16-7-10-1-4-12(15)5-2-10/h1-6,9,16H,7-8H2. The number of hydrogen-bond acceptors (Lipinski definition) is 2. The molecule has 0 bridgehead atoms. The number of rotatable bonds is 4. The van der Waals surface area contributed by atoms with Crippen molar-refractivity contribution in [3.05, 3.63) is 64.7 Å². The molecule has 0 saturated carbocycles. The van der Waals surface area contributed by atoms with Gasteiger partial charge in [-0.1, -0.05) is 29.8 Å². The average Bonchev–Trinajstić information content (AvgIpc) is 2.34. The molecule has 2 aromatic rings. The quantitative estimate of drug-likeness (QED) is 0.844. The van der Waals surface area contributed by atoms with Crippen molar-refractivity contribution in [1.29, 1.82) is 0 Å². The molecule has 0 atom stereocenters. The van der Waals surface area contributed by atoms with E-state index in [0.29, 0.717) is 18.2 Å². The lowest BCUT2D eigenvalue weighted by Gasteiger charge is -2.04. The first kappa shape index (κ1) is 12.0. The summed E-state index contributed by atoms with van der Waals surface area (Å²) in [5.41, 5.74) is 2.12. The van der Waals surface area contributed by atoms with Crippen LogP contribution < -0.4 is 5.32 Å². The van der Waals surface area contributed by atoms with Gasteiger partial charge in [0.2, 0.25) is 0 Å². The highest BCUT2D eigenvalue weighted by atomic mass is 35.5. The van der Waals surface area contributed by atoms with Crippen LogP contribution in [0.15, 0.2) is 42.6 Å². The van der Waals surface area contributed by atoms with E-state index in [2.05, 4.69) is 10.3 Å². The van der Waals surface area contributed by atoms with Crippen LogP contribution >= 0.6 is 11.6 Å². The molecule has 0 spiro atoms. The first-order valence-corrected chi connectivity index (χ1v) is 5.67. The van der Waals surface area contributed by atoms with Gasteiger partial charge in [-0.05, 0) is 29.3 Å². The summed E-state index contributed by atoms with van der Waals surface area (Å²) >= 11 is 5.69. The van der Waals surface area contributed by atoms with Gasteiger partial charge in [-0.3, -0.25) is 0 Å². The third kappa shape index (κ3) is 3.80. The summed E-state index contributed by atoms with van der Waals surface area (Å²) in [6, 6.07) is 10.1. The van der Waals surface area contributed by atoms with E-state index >= 15 is 0 Å². The molecule has 2 rings (SSSR count). The smallest absolute Gasteiger partial charge is 0.129 e. The Morgan fingerprint density at radius 3 is 2.29 bits per heavy atom. The number of aromatic nitrogens is 1. The van der Waals surface area contributed by atoms with Crippen LogP contribution in [0.1, 0.15) is 11.1 Å². The second-order valence-corrected chi connectivity index (χ2v) is 4.11. The van der Waals surface area contributed by atoms with Gasteiger partial charge >= 0.3 is 0 Å². The number of nitrogens with one attached hydrogen (secondary N) is 1. The zero-order valence-electron chi connectivity index (χ0n) is 9.16. The van der Waals surface area contributed by atoms with Crippen molar-refractivity contribution in [2.75, 3.05) is 0 Å². The Balaban J connectivity index is 1.83. The molecule has 4 heteroatoms. The van der Waals surface area contributed by atoms with Crippen LogP contribution in [-0.4, -0.2) is 4.98 Å². The molecule has 0 aliphatic carbocycles. The van der Waals surface area contributed by atoms with Gasteiger partial charge in [0.05, 0.1) is 0 Å². The number of pyridine rings is 1. The fourth-order valence-corrected chi connectivity index (χ4v) is 1.58. The summed E-state index contributed by atoms with van der Waals surface area (Å²) < 4.78 is 12.7. The van der Waals surface area contributed by atoms with E-state index < -0.39 is 0 Å². The summed E-state index contributed by atoms with van der Waals surface area (Å²) in [4.78, 5) is 3.99. The van der Waals surface area contributed by atoms with E-state index in [1.54, 1.807) is 24.4 Å². The Morgan fingerprint density at radius 1 is 1.00 bits per heavy atom. The van der Waals surface area contributed by atoms with Crippen LogP contribution in [0.2, 0.25) is 5.15 Å². The van der Waals surface area contributed by atoms with Crippen molar-refractivity contribution in [1.82, 2.24) is 10.3 Å². The molecule has 17 heavy (non-hydrogen) atoms. The molecule has 0 unspecified atom stereocenters. The van der Waals surface area contributed by atoms with E-state index in [1.807, 2.05) is 6.07 Å². The maximum absolute atomic E-state index is 12.7. The number of nitrogens with zero attached hydrogens (tertiary/aromatic N) is 1. The van der Waals surface area contributed by atoms with Gasteiger partial charge in [0.25, 0.3) is 0 Å². The Morgan fingerprint density at radius 2 is 1.65 bits per heavy atom. The van der Waals surface area contributed by atoms with Crippen LogP contribution in [0.25, 0.3) is 0 Å². The Kier molecular flexibility index (Phi) is 4.07. The van der Waals surface area contributed by atoms with Crippen molar-refractivity contribution < 1.29 is 4.39 Å². The topological polar surface area (TPSA) is 24.9 Å². The van der Waals surface area contributed by atoms with Crippen molar-refractivity contribution in [3.63, 3.8) is 0 Å². The van der Waals surface area contributed by atoms with E-state index in [4.69, 9.17) is 11.6 Å². The lowest BCUT2D eigenvalue weighted by atomic mass is 10.2. The van der Waals surface area contributed by atoms with Crippen molar-refractivity contribution in [3.8, 4) is 0 Å². The summed E-state index contributed by atoms with van der Waals surface area (Å²) in [7, 11) is 0. The van der Waals surface area contributed by atoms with Crippen molar-refractivity contribution in [2.24, 2.45) is 0 Å². The third-order valence-corrected chi connectivity index (χ3v) is 2.58. The van der Waals surface area contributed by atoms with Gasteiger partial charge in [0.15, 0.2) is 0 Å². The lowest BCUT2D eigenvalue weighted by Crippen LogP contribution is -2.12. The molecular weight excluding hydrogens is 239 g/mol. The van der Waals surface area contributed by atoms with E-state index in [0.717, 1.165) is 11.1 Å². The van der Waals surface area contributed by atoms with Crippen LogP contribution in [0, 0.1) is 5.82 Å². The maximum atomic E-state index is 12.7. The predicted molar refractivity (Wildman–Crippen MR) is 66.2 cm³/mol. The molecule has 0 radical (unpaired) electrons.